The molecular weight excluding hydrogens is 1170 g/mol. The molecule has 96 heavy (non-hydrogen) atoms. The summed E-state index contributed by atoms with van der Waals surface area (Å²) in [6.07, 6.45) is 3.74. The van der Waals surface area contributed by atoms with Crippen molar-refractivity contribution < 1.29 is 0 Å². The fraction of sp³-hybridized carbons (Fsp3) is 0.0233. The maximum atomic E-state index is 11.1. The van der Waals surface area contributed by atoms with Crippen molar-refractivity contribution in [3.63, 3.8) is 0 Å². The zero-order valence-electron chi connectivity index (χ0n) is 52.4. The van der Waals surface area contributed by atoms with Crippen molar-refractivity contribution in [1.29, 1.82) is 10.5 Å². The highest BCUT2D eigenvalue weighted by atomic mass is 15.2. The number of hydrogen-bond acceptors (Lipinski definition) is 8. The number of rotatable bonds is 14. The quantitative estimate of drug-likeness (QED) is 0.0814. The Kier molecular flexibility index (Phi) is 14.9. The summed E-state index contributed by atoms with van der Waals surface area (Å²) in [6.45, 7) is 4.11. The van der Waals surface area contributed by atoms with Crippen LogP contribution in [0.1, 0.15) is 33.4 Å². The van der Waals surface area contributed by atoms with E-state index in [1.54, 1.807) is 0 Å². The third-order valence-corrected chi connectivity index (χ3v) is 18.1. The summed E-state index contributed by atoms with van der Waals surface area (Å²) >= 11 is 0. The van der Waals surface area contributed by atoms with Crippen LogP contribution in [0.2, 0.25) is 0 Å². The molecule has 10 heteroatoms. The lowest BCUT2D eigenvalue weighted by Gasteiger charge is -2.28. The van der Waals surface area contributed by atoms with Gasteiger partial charge in [0.05, 0.1) is 11.1 Å². The molecule has 452 valence electrons. The molecule has 0 atom stereocenters. The number of nitriles is 2. The number of hydrogen-bond donors (Lipinski definition) is 2. The summed E-state index contributed by atoms with van der Waals surface area (Å²) in [5.41, 5.74) is 22.0. The van der Waals surface area contributed by atoms with Crippen LogP contribution in [0.25, 0.3) is 77.2 Å². The van der Waals surface area contributed by atoms with E-state index in [4.69, 9.17) is 20.0 Å². The van der Waals surface area contributed by atoms with Crippen molar-refractivity contribution in [1.82, 2.24) is 9.97 Å². The van der Waals surface area contributed by atoms with Crippen molar-refractivity contribution in [3.8, 4) is 56.6 Å². The van der Waals surface area contributed by atoms with Crippen LogP contribution >= 0.6 is 0 Å². The van der Waals surface area contributed by atoms with Gasteiger partial charge in [-0.3, -0.25) is 0 Å². The Morgan fingerprint density at radius 3 is 1.01 bits per heavy atom. The standard InChI is InChI=1S/C86H58N10/c1-55-49-65(33-45-79(55)95(69-37-25-59(26-38-69)57-13-5-3-6-14-57)71-41-29-61(30-42-71)67-35-47-81(89-53-67)93-85-73-21-9-17-63-19-11-23-77(91-85)83(63)73)75(51-87)76(52-88)66-34-46-80(56(2)50-66)96(70-39-27-60(28-40-70)58-15-7-4-8-16-58)72-43-31-62(32-44-72)68-36-48-82(90-54-68)94-86-74-22-10-18-64-20-12-24-78(92-86)84(64)74/h3-50,53-54H,1-2H3,(H,89,91,93)(H,90,92,94)/b76-75+. The summed E-state index contributed by atoms with van der Waals surface area (Å²) in [5, 5.41) is 33.9. The van der Waals surface area contributed by atoms with E-state index in [2.05, 4.69) is 277 Å². The lowest BCUT2D eigenvalue weighted by molar-refractivity contribution is 1.24. The minimum absolute atomic E-state index is 0.285. The summed E-state index contributed by atoms with van der Waals surface area (Å²) in [5.74, 6) is 2.81. The summed E-state index contributed by atoms with van der Waals surface area (Å²) < 4.78 is 0. The smallest absolute Gasteiger partial charge is 0.154 e. The van der Waals surface area contributed by atoms with Gasteiger partial charge in [-0.05, 0) is 189 Å². The Morgan fingerprint density at radius 1 is 0.344 bits per heavy atom. The number of aromatic nitrogens is 2. The molecule has 0 aliphatic carbocycles. The summed E-state index contributed by atoms with van der Waals surface area (Å²) in [7, 11) is 0. The molecular formula is C86H58N10. The van der Waals surface area contributed by atoms with Gasteiger partial charge in [-0.25, -0.2) is 20.0 Å². The summed E-state index contributed by atoms with van der Waals surface area (Å²) in [6, 6.07) is 105. The molecule has 0 radical (unpaired) electrons. The van der Waals surface area contributed by atoms with Gasteiger partial charge < -0.3 is 20.4 Å². The minimum Gasteiger partial charge on any atom is -0.339 e. The van der Waals surface area contributed by atoms with Gasteiger partial charge in [0.2, 0.25) is 0 Å². The van der Waals surface area contributed by atoms with E-state index in [9.17, 15) is 10.5 Å². The fourth-order valence-corrected chi connectivity index (χ4v) is 13.3. The Labute approximate surface area is 556 Å². The molecule has 0 saturated carbocycles. The topological polar surface area (TPSA) is 129 Å². The molecule has 0 saturated heterocycles. The third kappa shape index (κ3) is 10.9. The molecule has 12 aromatic carbocycles. The summed E-state index contributed by atoms with van der Waals surface area (Å²) in [4.78, 5) is 23.9. The average Bonchev–Trinajstić information content (AvgIpc) is 1.82. The van der Waals surface area contributed by atoms with E-state index in [0.717, 1.165) is 124 Å². The number of benzene rings is 12. The first kappa shape index (κ1) is 57.8. The van der Waals surface area contributed by atoms with Crippen LogP contribution in [0.15, 0.2) is 314 Å². The van der Waals surface area contributed by atoms with Crippen LogP contribution in [0.4, 0.5) is 57.1 Å². The monoisotopic (exact) mass is 1230 g/mol. The van der Waals surface area contributed by atoms with E-state index >= 15 is 0 Å². The van der Waals surface area contributed by atoms with Gasteiger partial charge in [0.1, 0.15) is 23.8 Å². The van der Waals surface area contributed by atoms with E-state index in [0.29, 0.717) is 22.8 Å². The third-order valence-electron chi connectivity index (χ3n) is 18.1. The second-order valence-electron chi connectivity index (χ2n) is 24.0. The number of aliphatic imine (C=N–C) groups is 2. The van der Waals surface area contributed by atoms with Crippen LogP contribution in [0.5, 0.6) is 0 Å². The predicted molar refractivity (Wildman–Crippen MR) is 395 cm³/mol. The van der Waals surface area contributed by atoms with E-state index in [-0.39, 0.29) is 11.1 Å². The highest BCUT2D eigenvalue weighted by molar-refractivity contribution is 6.27. The molecule has 14 aromatic rings. The highest BCUT2D eigenvalue weighted by Crippen LogP contribution is 2.44. The molecule has 2 aliphatic heterocycles. The average molecular weight is 1230 g/mol. The van der Waals surface area contributed by atoms with Gasteiger partial charge >= 0.3 is 0 Å². The molecule has 2 N–H and O–H groups in total. The van der Waals surface area contributed by atoms with Crippen LogP contribution in [0, 0.1) is 36.5 Å². The number of nitrogens with one attached hydrogen (secondary N) is 2. The molecule has 10 nitrogen and oxygen atoms in total. The number of nitrogens with zero attached hydrogens (tertiary/aromatic N) is 8. The number of amidine groups is 2. The van der Waals surface area contributed by atoms with Gasteiger partial charge in [0, 0.05) is 90.9 Å². The van der Waals surface area contributed by atoms with Crippen LogP contribution in [-0.4, -0.2) is 21.6 Å². The Hall–Kier alpha value is -13.3. The molecule has 2 aromatic heterocycles. The van der Waals surface area contributed by atoms with E-state index < -0.39 is 0 Å². The normalized spacial score (nSPS) is 13.0. The van der Waals surface area contributed by atoms with Crippen molar-refractivity contribution in [2.75, 3.05) is 20.4 Å². The fourth-order valence-electron chi connectivity index (χ4n) is 13.3. The number of aryl methyl sites for hydroxylation is 2. The minimum atomic E-state index is 0.285. The number of pyridine rings is 2. The van der Waals surface area contributed by atoms with Crippen molar-refractivity contribution in [2.45, 2.75) is 13.8 Å². The van der Waals surface area contributed by atoms with E-state index in [1.807, 2.05) is 73.1 Å². The largest absolute Gasteiger partial charge is 0.339 e. The molecule has 0 bridgehead atoms. The second kappa shape index (κ2) is 24.7. The first-order valence-electron chi connectivity index (χ1n) is 31.9. The lowest BCUT2D eigenvalue weighted by atomic mass is 9.93. The predicted octanol–water partition coefficient (Wildman–Crippen LogP) is 22.0. The Morgan fingerprint density at radius 2 is 0.677 bits per heavy atom. The zero-order chi connectivity index (χ0) is 64.6. The Balaban J connectivity index is 0.693. The molecule has 4 heterocycles. The maximum Gasteiger partial charge on any atom is 0.154 e. The van der Waals surface area contributed by atoms with Gasteiger partial charge in [-0.15, -0.1) is 0 Å². The lowest BCUT2D eigenvalue weighted by Crippen LogP contribution is -2.12. The number of anilines is 8. The van der Waals surface area contributed by atoms with Crippen molar-refractivity contribution in [3.05, 3.63) is 337 Å². The van der Waals surface area contributed by atoms with Gasteiger partial charge in [-0.2, -0.15) is 10.5 Å². The molecule has 0 spiro atoms. The zero-order valence-corrected chi connectivity index (χ0v) is 52.4. The molecule has 0 amide bonds. The molecule has 0 unspecified atom stereocenters. The first-order valence-corrected chi connectivity index (χ1v) is 31.9. The second-order valence-corrected chi connectivity index (χ2v) is 24.0. The first-order chi connectivity index (χ1) is 47.3. The van der Waals surface area contributed by atoms with Crippen LogP contribution in [-0.2, 0) is 0 Å². The molecule has 16 rings (SSSR count). The molecule has 2 aliphatic rings. The van der Waals surface area contributed by atoms with Gasteiger partial charge in [0.15, 0.2) is 11.6 Å². The SMILES string of the molecule is Cc1cc(/C(C#N)=C(\C#N)c2ccc(N(c3ccc(-c4ccccc4)cc3)c3ccc(-c4ccc(N=C5Nc6cccc7cccc5c67)nc4)cc3)c(C)c2)ccc1N(c1ccc(-c2ccccc2)cc1)c1ccc(-c2ccc(N=C3Nc4cccc5cccc3c45)nc2)cc1. The maximum absolute atomic E-state index is 11.1. The van der Waals surface area contributed by atoms with Crippen LogP contribution in [0.3, 0.4) is 0 Å². The van der Waals surface area contributed by atoms with Gasteiger partial charge in [-0.1, -0.05) is 182 Å². The highest BCUT2D eigenvalue weighted by Gasteiger charge is 2.24. The van der Waals surface area contributed by atoms with Crippen LogP contribution < -0.4 is 20.4 Å². The Bertz CT molecular complexity index is 5160. The number of allylic oxidation sites excluding steroid dienone is 2. The van der Waals surface area contributed by atoms with Gasteiger partial charge in [0.25, 0.3) is 0 Å². The van der Waals surface area contributed by atoms with Crippen molar-refractivity contribution >= 4 is 101 Å². The van der Waals surface area contributed by atoms with Crippen molar-refractivity contribution in [2.24, 2.45) is 9.98 Å². The molecule has 0 fully saturated rings. The van der Waals surface area contributed by atoms with E-state index in [1.165, 1.54) is 21.5 Å².